The van der Waals surface area contributed by atoms with Crippen molar-refractivity contribution in [3.8, 4) is 23.3 Å². The molecule has 0 saturated heterocycles. The highest BCUT2D eigenvalue weighted by Crippen LogP contribution is 2.37. The molecule has 4 rings (SSSR count). The lowest BCUT2D eigenvalue weighted by Gasteiger charge is -2.13. The molecule has 0 atom stereocenters. The minimum Gasteiger partial charge on any atom is -0.396 e. The smallest absolute Gasteiger partial charge is 0.187 e. The van der Waals surface area contributed by atoms with Crippen molar-refractivity contribution < 1.29 is 5.11 Å². The van der Waals surface area contributed by atoms with Gasteiger partial charge in [0.25, 0.3) is 0 Å². The van der Waals surface area contributed by atoms with Gasteiger partial charge < -0.3 is 16.2 Å². The molecule has 0 aliphatic heterocycles. The van der Waals surface area contributed by atoms with Crippen LogP contribution in [0.4, 0.5) is 16.6 Å². The predicted octanol–water partition coefficient (Wildman–Crippen LogP) is 4.89. The lowest BCUT2D eigenvalue weighted by atomic mass is 9.95. The standard InChI is InChI=1S/C25H21N7OS2/c26-12-20-22(17-5-3-16(4-6-17)2-1-11-33)21(13-27)24(32-23(20)28)34-14-19-15-35-25(31-19)30-18-7-9-29-10-8-18/h3-10,15,33H,1-2,11,14H2,(H2,28,32)(H,29,30,31). The van der Waals surface area contributed by atoms with Crippen LogP contribution in [0.3, 0.4) is 0 Å². The molecule has 0 unspecified atom stereocenters. The van der Waals surface area contributed by atoms with E-state index in [4.69, 9.17) is 10.8 Å². The van der Waals surface area contributed by atoms with Crippen molar-refractivity contribution in [2.75, 3.05) is 17.7 Å². The van der Waals surface area contributed by atoms with E-state index in [1.165, 1.54) is 23.1 Å². The molecule has 174 valence electrons. The maximum atomic E-state index is 10.00. The second-order valence-electron chi connectivity index (χ2n) is 7.47. The van der Waals surface area contributed by atoms with Crippen LogP contribution in [-0.4, -0.2) is 26.7 Å². The summed E-state index contributed by atoms with van der Waals surface area (Å²) >= 11 is 2.84. The Hall–Kier alpha value is -3.96. The number of aliphatic hydroxyl groups is 1. The van der Waals surface area contributed by atoms with Gasteiger partial charge in [0.05, 0.1) is 11.3 Å². The van der Waals surface area contributed by atoms with E-state index in [0.29, 0.717) is 28.3 Å². The van der Waals surface area contributed by atoms with E-state index < -0.39 is 0 Å². The van der Waals surface area contributed by atoms with E-state index in [0.717, 1.165) is 34.1 Å². The Bertz CT molecular complexity index is 1390. The van der Waals surface area contributed by atoms with Gasteiger partial charge in [-0.25, -0.2) is 9.97 Å². The molecule has 0 spiro atoms. The van der Waals surface area contributed by atoms with Crippen molar-refractivity contribution in [2.24, 2.45) is 0 Å². The summed E-state index contributed by atoms with van der Waals surface area (Å²) in [5, 5.41) is 35.2. The van der Waals surface area contributed by atoms with Gasteiger partial charge in [-0.05, 0) is 36.1 Å². The fourth-order valence-electron chi connectivity index (χ4n) is 3.44. The number of benzene rings is 1. The number of thioether (sulfide) groups is 1. The minimum atomic E-state index is 0.0895. The van der Waals surface area contributed by atoms with Crippen LogP contribution in [0.25, 0.3) is 11.1 Å². The van der Waals surface area contributed by atoms with Gasteiger partial charge in [0.2, 0.25) is 0 Å². The van der Waals surface area contributed by atoms with E-state index in [1.54, 1.807) is 12.4 Å². The molecule has 0 aliphatic rings. The first-order chi connectivity index (χ1) is 17.1. The molecule has 4 aromatic rings. The molecule has 0 bridgehead atoms. The van der Waals surface area contributed by atoms with E-state index in [-0.39, 0.29) is 18.0 Å². The summed E-state index contributed by atoms with van der Waals surface area (Å²) in [6.07, 6.45) is 4.83. The Labute approximate surface area is 211 Å². The molecule has 3 heterocycles. The lowest BCUT2D eigenvalue weighted by Crippen LogP contribution is -2.03. The molecule has 0 amide bonds. The Balaban J connectivity index is 1.59. The Morgan fingerprint density at radius 1 is 1.03 bits per heavy atom. The van der Waals surface area contributed by atoms with E-state index >= 15 is 0 Å². The van der Waals surface area contributed by atoms with Gasteiger partial charge in [-0.2, -0.15) is 10.5 Å². The van der Waals surface area contributed by atoms with Crippen molar-refractivity contribution in [1.29, 1.82) is 10.5 Å². The fraction of sp³-hybridized carbons (Fsp3) is 0.160. The number of nitriles is 2. The van der Waals surface area contributed by atoms with Gasteiger partial charge in [0, 0.05) is 41.4 Å². The van der Waals surface area contributed by atoms with Crippen LogP contribution in [-0.2, 0) is 12.2 Å². The van der Waals surface area contributed by atoms with Crippen LogP contribution in [0.1, 0.15) is 28.8 Å². The molecule has 10 heteroatoms. The number of nitrogen functional groups attached to an aromatic ring is 1. The SMILES string of the molecule is N#Cc1c(N)nc(SCc2csc(Nc3ccncc3)n2)c(C#N)c1-c1ccc(CCCO)cc1. The summed E-state index contributed by atoms with van der Waals surface area (Å²) in [5.41, 5.74) is 10.6. The lowest BCUT2D eigenvalue weighted by molar-refractivity contribution is 0.288. The molecule has 0 saturated carbocycles. The number of hydrogen-bond donors (Lipinski definition) is 3. The van der Waals surface area contributed by atoms with E-state index in [9.17, 15) is 10.5 Å². The summed E-state index contributed by atoms with van der Waals surface area (Å²) in [6.45, 7) is 0.126. The average molecular weight is 500 g/mol. The zero-order valence-corrected chi connectivity index (χ0v) is 20.2. The molecular formula is C25H21N7OS2. The molecule has 1 aromatic carbocycles. The normalized spacial score (nSPS) is 10.5. The minimum absolute atomic E-state index is 0.0895. The molecular weight excluding hydrogens is 478 g/mol. The number of anilines is 3. The number of nitrogens with zero attached hydrogens (tertiary/aromatic N) is 5. The van der Waals surface area contributed by atoms with Crippen LogP contribution in [0.15, 0.2) is 59.2 Å². The highest BCUT2D eigenvalue weighted by atomic mass is 32.2. The van der Waals surface area contributed by atoms with Gasteiger partial charge in [-0.15, -0.1) is 11.3 Å². The Morgan fingerprint density at radius 2 is 1.77 bits per heavy atom. The van der Waals surface area contributed by atoms with Gasteiger partial charge in [-0.3, -0.25) is 4.98 Å². The number of aryl methyl sites for hydroxylation is 1. The second kappa shape index (κ2) is 11.4. The quantitative estimate of drug-likeness (QED) is 0.274. The number of aromatic nitrogens is 3. The van der Waals surface area contributed by atoms with Gasteiger partial charge in [0.1, 0.15) is 28.5 Å². The third kappa shape index (κ3) is 5.76. The third-order valence-electron chi connectivity index (χ3n) is 5.12. The zero-order chi connectivity index (χ0) is 24.6. The van der Waals surface area contributed by atoms with Gasteiger partial charge in [-0.1, -0.05) is 36.0 Å². The molecule has 0 aliphatic carbocycles. The summed E-state index contributed by atoms with van der Waals surface area (Å²) in [5.74, 6) is 0.577. The number of pyridine rings is 2. The average Bonchev–Trinajstić information content (AvgIpc) is 3.33. The predicted molar refractivity (Wildman–Crippen MR) is 138 cm³/mol. The monoisotopic (exact) mass is 499 g/mol. The first-order valence-electron chi connectivity index (χ1n) is 10.7. The summed E-state index contributed by atoms with van der Waals surface area (Å²) in [6, 6.07) is 15.7. The van der Waals surface area contributed by atoms with Crippen molar-refractivity contribution in [3.63, 3.8) is 0 Å². The maximum Gasteiger partial charge on any atom is 0.187 e. The van der Waals surface area contributed by atoms with Crippen LogP contribution >= 0.6 is 23.1 Å². The van der Waals surface area contributed by atoms with E-state index in [2.05, 4.69) is 32.4 Å². The molecule has 0 radical (unpaired) electrons. The number of nitrogens with one attached hydrogen (secondary N) is 1. The van der Waals surface area contributed by atoms with E-state index in [1.807, 2.05) is 41.8 Å². The summed E-state index contributed by atoms with van der Waals surface area (Å²) in [4.78, 5) is 13.0. The topological polar surface area (TPSA) is 145 Å². The van der Waals surface area contributed by atoms with Crippen LogP contribution in [0.2, 0.25) is 0 Å². The maximum absolute atomic E-state index is 10.00. The van der Waals surface area contributed by atoms with Crippen LogP contribution in [0, 0.1) is 22.7 Å². The molecule has 4 N–H and O–H groups in total. The fourth-order valence-corrected chi connectivity index (χ4v) is 5.17. The number of hydrogen-bond acceptors (Lipinski definition) is 10. The highest BCUT2D eigenvalue weighted by Gasteiger charge is 2.21. The number of nitrogens with two attached hydrogens (primary N) is 1. The number of thiazole rings is 1. The second-order valence-corrected chi connectivity index (χ2v) is 9.29. The third-order valence-corrected chi connectivity index (χ3v) is 6.94. The molecule has 0 fully saturated rings. The van der Waals surface area contributed by atoms with Gasteiger partial charge in [0.15, 0.2) is 5.13 Å². The molecule has 8 nitrogen and oxygen atoms in total. The molecule has 35 heavy (non-hydrogen) atoms. The number of aliphatic hydroxyl groups excluding tert-OH is 1. The van der Waals surface area contributed by atoms with Crippen LogP contribution in [0.5, 0.6) is 0 Å². The Morgan fingerprint density at radius 3 is 2.46 bits per heavy atom. The Kier molecular flexibility index (Phi) is 7.91. The highest BCUT2D eigenvalue weighted by molar-refractivity contribution is 7.98. The van der Waals surface area contributed by atoms with Crippen molar-refractivity contribution in [3.05, 3.63) is 76.6 Å². The van der Waals surface area contributed by atoms with Crippen molar-refractivity contribution in [2.45, 2.75) is 23.6 Å². The zero-order valence-electron chi connectivity index (χ0n) is 18.6. The summed E-state index contributed by atoms with van der Waals surface area (Å²) in [7, 11) is 0. The summed E-state index contributed by atoms with van der Waals surface area (Å²) < 4.78 is 0. The van der Waals surface area contributed by atoms with Crippen molar-refractivity contribution in [1.82, 2.24) is 15.0 Å². The van der Waals surface area contributed by atoms with Crippen LogP contribution < -0.4 is 11.1 Å². The molecule has 3 aromatic heterocycles. The largest absolute Gasteiger partial charge is 0.396 e. The van der Waals surface area contributed by atoms with Crippen molar-refractivity contribution >= 4 is 39.7 Å². The number of rotatable bonds is 9. The first-order valence-corrected chi connectivity index (χ1v) is 12.6. The van der Waals surface area contributed by atoms with Gasteiger partial charge >= 0.3 is 0 Å². The first kappa shape index (κ1) is 24.2.